The van der Waals surface area contributed by atoms with Gasteiger partial charge < -0.3 is 15.5 Å². The van der Waals surface area contributed by atoms with Crippen LogP contribution in [0, 0.1) is 5.92 Å². The lowest BCUT2D eigenvalue weighted by molar-refractivity contribution is -0.121. The zero-order valence-electron chi connectivity index (χ0n) is 17.4. The molecule has 2 N–H and O–H groups in total. The summed E-state index contributed by atoms with van der Waals surface area (Å²) in [5.74, 6) is 1.22. The van der Waals surface area contributed by atoms with E-state index < -0.39 is 9.84 Å². The van der Waals surface area contributed by atoms with Crippen LogP contribution in [0.25, 0.3) is 0 Å². The first kappa shape index (κ1) is 25.7. The van der Waals surface area contributed by atoms with Crippen molar-refractivity contribution in [1.82, 2.24) is 15.5 Å². The van der Waals surface area contributed by atoms with Crippen LogP contribution in [0.1, 0.15) is 32.6 Å². The molecule has 1 heterocycles. The molecule has 0 saturated carbocycles. The third kappa shape index (κ3) is 7.76. The first-order valence-corrected chi connectivity index (χ1v) is 11.5. The molecular weight excluding hydrogens is 503 g/mol. The van der Waals surface area contributed by atoms with E-state index in [0.717, 1.165) is 31.9 Å². The molecule has 164 valence electrons. The van der Waals surface area contributed by atoms with E-state index in [1.54, 1.807) is 38.4 Å². The third-order valence-electron chi connectivity index (χ3n) is 5.23. The molecule has 1 saturated heterocycles. The van der Waals surface area contributed by atoms with Gasteiger partial charge in [-0.25, -0.2) is 8.42 Å². The second-order valence-corrected chi connectivity index (χ2v) is 9.23. The number of guanidine groups is 1. The van der Waals surface area contributed by atoms with Gasteiger partial charge in [0, 0.05) is 39.6 Å². The van der Waals surface area contributed by atoms with Gasteiger partial charge in [0.15, 0.2) is 15.8 Å². The monoisotopic (exact) mass is 536 g/mol. The smallest absolute Gasteiger partial charge is 0.220 e. The van der Waals surface area contributed by atoms with Gasteiger partial charge in [0.05, 0.1) is 10.6 Å². The van der Waals surface area contributed by atoms with Gasteiger partial charge in [0.25, 0.3) is 0 Å². The molecule has 1 amide bonds. The topological polar surface area (TPSA) is 90.9 Å². The Morgan fingerprint density at radius 1 is 1.24 bits per heavy atom. The average molecular weight is 536 g/mol. The number of halogens is 1. The maximum absolute atomic E-state index is 12.7. The Morgan fingerprint density at radius 2 is 1.86 bits per heavy atom. The zero-order chi connectivity index (χ0) is 20.6. The minimum Gasteiger partial charge on any atom is -0.359 e. The van der Waals surface area contributed by atoms with Crippen LogP contribution in [0.2, 0.25) is 0 Å². The number of rotatable bonds is 7. The molecule has 0 aliphatic carbocycles. The first-order chi connectivity index (χ1) is 13.4. The van der Waals surface area contributed by atoms with Crippen LogP contribution >= 0.6 is 24.0 Å². The highest BCUT2D eigenvalue weighted by Gasteiger charge is 2.26. The molecule has 0 radical (unpaired) electrons. The van der Waals surface area contributed by atoms with Gasteiger partial charge in [-0.15, -0.1) is 24.0 Å². The van der Waals surface area contributed by atoms with Gasteiger partial charge in [-0.3, -0.25) is 9.79 Å². The van der Waals surface area contributed by atoms with Crippen LogP contribution < -0.4 is 10.6 Å². The van der Waals surface area contributed by atoms with Crippen LogP contribution in [0.15, 0.2) is 40.2 Å². The second-order valence-electron chi connectivity index (χ2n) is 7.20. The summed E-state index contributed by atoms with van der Waals surface area (Å²) in [7, 11) is 0.0221. The number of benzene rings is 1. The fourth-order valence-electron chi connectivity index (χ4n) is 3.44. The summed E-state index contributed by atoms with van der Waals surface area (Å²) < 4.78 is 25.4. The number of sulfone groups is 1. The number of piperidine rings is 1. The molecule has 29 heavy (non-hydrogen) atoms. The van der Waals surface area contributed by atoms with E-state index in [4.69, 9.17) is 0 Å². The molecule has 1 fully saturated rings. The molecule has 1 unspecified atom stereocenters. The highest BCUT2D eigenvalue weighted by Crippen LogP contribution is 2.21. The van der Waals surface area contributed by atoms with Crippen molar-refractivity contribution < 1.29 is 13.2 Å². The van der Waals surface area contributed by atoms with Crippen LogP contribution in [-0.4, -0.2) is 64.2 Å². The number of hydrogen-bond acceptors (Lipinski definition) is 4. The number of nitrogens with one attached hydrogen (secondary N) is 2. The van der Waals surface area contributed by atoms with E-state index >= 15 is 0 Å². The molecule has 1 aromatic rings. The van der Waals surface area contributed by atoms with Crippen LogP contribution in [-0.2, 0) is 14.6 Å². The third-order valence-corrected chi connectivity index (χ3v) is 7.06. The Balaban J connectivity index is 0.00000420. The Bertz CT molecular complexity index is 763. The summed E-state index contributed by atoms with van der Waals surface area (Å²) >= 11 is 0. The van der Waals surface area contributed by atoms with Gasteiger partial charge in [-0.2, -0.15) is 0 Å². The van der Waals surface area contributed by atoms with E-state index in [9.17, 15) is 13.2 Å². The number of amides is 1. The van der Waals surface area contributed by atoms with Crippen LogP contribution in [0.5, 0.6) is 0 Å². The maximum atomic E-state index is 12.7. The molecule has 0 spiro atoms. The Hall–Kier alpha value is -1.36. The highest BCUT2D eigenvalue weighted by atomic mass is 127. The molecule has 0 aromatic heterocycles. The summed E-state index contributed by atoms with van der Waals surface area (Å²) in [5, 5.41) is 6.01. The molecule has 0 bridgehead atoms. The molecule has 1 atom stereocenters. The Kier molecular flexibility index (Phi) is 10.9. The summed E-state index contributed by atoms with van der Waals surface area (Å²) in [6, 6.07) is 8.34. The zero-order valence-corrected chi connectivity index (χ0v) is 20.6. The number of aliphatic imine (C=N–C) groups is 1. The second kappa shape index (κ2) is 12.4. The number of hydrogen-bond donors (Lipinski definition) is 2. The molecule has 1 aliphatic rings. The normalized spacial score (nSPS) is 16.7. The lowest BCUT2D eigenvalue weighted by atomic mass is 9.93. The van der Waals surface area contributed by atoms with Gasteiger partial charge >= 0.3 is 0 Å². The van der Waals surface area contributed by atoms with Crippen molar-refractivity contribution in [2.24, 2.45) is 10.9 Å². The summed E-state index contributed by atoms with van der Waals surface area (Å²) in [6.45, 7) is 3.59. The van der Waals surface area contributed by atoms with E-state index in [2.05, 4.69) is 20.5 Å². The Morgan fingerprint density at radius 3 is 2.38 bits per heavy atom. The minimum atomic E-state index is -3.36. The quantitative estimate of drug-likeness (QED) is 0.317. The minimum absolute atomic E-state index is 0. The molecule has 9 heteroatoms. The fraction of sp³-hybridized carbons (Fsp3) is 0.600. The van der Waals surface area contributed by atoms with Crippen molar-refractivity contribution in [2.45, 2.75) is 43.5 Å². The molecule has 1 aliphatic heterocycles. The highest BCUT2D eigenvalue weighted by molar-refractivity contribution is 14.0. The molecule has 2 rings (SSSR count). The lowest BCUT2D eigenvalue weighted by Gasteiger charge is -2.35. The number of carbonyl (C=O) groups excluding carboxylic acids is 1. The summed E-state index contributed by atoms with van der Waals surface area (Å²) in [4.78, 5) is 18.4. The average Bonchev–Trinajstić information content (AvgIpc) is 2.72. The summed E-state index contributed by atoms with van der Waals surface area (Å²) in [5.41, 5.74) is 0. The van der Waals surface area contributed by atoms with Gasteiger partial charge in [-0.1, -0.05) is 25.1 Å². The SMILES string of the molecule is CCC(CS(=O)(=O)c1ccccc1)NC(=NC)N1CCC(CC(=O)NC)CC1.I. The van der Waals surface area contributed by atoms with E-state index in [0.29, 0.717) is 23.7 Å². The van der Waals surface area contributed by atoms with Crippen molar-refractivity contribution in [3.63, 3.8) is 0 Å². The van der Waals surface area contributed by atoms with Crippen molar-refractivity contribution >= 4 is 45.7 Å². The van der Waals surface area contributed by atoms with Crippen molar-refractivity contribution in [2.75, 3.05) is 32.9 Å². The molecular formula is C20H33IN4O3S. The van der Waals surface area contributed by atoms with Crippen LogP contribution in [0.3, 0.4) is 0 Å². The number of likely N-dealkylation sites (tertiary alicyclic amines) is 1. The molecule has 7 nitrogen and oxygen atoms in total. The van der Waals surface area contributed by atoms with Gasteiger partial charge in [0.2, 0.25) is 5.91 Å². The fourth-order valence-corrected chi connectivity index (χ4v) is 5.06. The molecule has 1 aromatic carbocycles. The van der Waals surface area contributed by atoms with E-state index in [-0.39, 0.29) is 41.7 Å². The van der Waals surface area contributed by atoms with E-state index in [1.807, 2.05) is 13.0 Å². The van der Waals surface area contributed by atoms with Gasteiger partial charge in [0.1, 0.15) is 0 Å². The van der Waals surface area contributed by atoms with Crippen molar-refractivity contribution in [1.29, 1.82) is 0 Å². The largest absolute Gasteiger partial charge is 0.359 e. The standard InChI is InChI=1S/C20H32N4O3S.HI/c1-4-17(15-28(26,27)18-8-6-5-7-9-18)23-20(22-3)24-12-10-16(11-13-24)14-19(25)21-2;/h5-9,16-17H,4,10-15H2,1-3H3,(H,21,25)(H,22,23);1H. The number of nitrogens with zero attached hydrogens (tertiary/aromatic N) is 2. The maximum Gasteiger partial charge on any atom is 0.220 e. The van der Waals surface area contributed by atoms with Crippen molar-refractivity contribution in [3.05, 3.63) is 30.3 Å². The predicted molar refractivity (Wildman–Crippen MR) is 127 cm³/mol. The number of carbonyl (C=O) groups is 1. The summed E-state index contributed by atoms with van der Waals surface area (Å²) in [6.07, 6.45) is 3.09. The lowest BCUT2D eigenvalue weighted by Crippen LogP contribution is -2.50. The predicted octanol–water partition coefficient (Wildman–Crippen LogP) is 2.28. The van der Waals surface area contributed by atoms with E-state index in [1.165, 1.54) is 0 Å². The Labute approximate surface area is 191 Å². The first-order valence-electron chi connectivity index (χ1n) is 9.86. The van der Waals surface area contributed by atoms with Gasteiger partial charge in [-0.05, 0) is 37.3 Å². The van der Waals surface area contributed by atoms with Crippen LogP contribution in [0.4, 0.5) is 0 Å². The van der Waals surface area contributed by atoms with Crippen molar-refractivity contribution in [3.8, 4) is 0 Å².